The second-order valence-corrected chi connectivity index (χ2v) is 9.73. The lowest BCUT2D eigenvalue weighted by molar-refractivity contribution is -0.138. The van der Waals surface area contributed by atoms with Gasteiger partial charge in [-0.2, -0.15) is 28.4 Å². The van der Waals surface area contributed by atoms with Gasteiger partial charge < -0.3 is 15.3 Å². The van der Waals surface area contributed by atoms with E-state index in [9.17, 15) is 18.3 Å². The number of alkyl halides is 3. The summed E-state index contributed by atoms with van der Waals surface area (Å²) in [4.78, 5) is 6.91. The maximum Gasteiger partial charge on any atom is 0.416 e. The molecule has 0 amide bonds. The van der Waals surface area contributed by atoms with Crippen molar-refractivity contribution in [2.45, 2.75) is 19.0 Å². The smallest absolute Gasteiger partial charge is 0.416 e. The maximum atomic E-state index is 13.9. The van der Waals surface area contributed by atoms with Gasteiger partial charge in [0.05, 0.1) is 22.0 Å². The summed E-state index contributed by atoms with van der Waals surface area (Å²) in [5.74, 6) is -0.196. The lowest BCUT2D eigenvalue weighted by Gasteiger charge is -2.18. The van der Waals surface area contributed by atoms with E-state index in [1.165, 1.54) is 23.5 Å². The Morgan fingerprint density at radius 2 is 2.00 bits per heavy atom. The first-order chi connectivity index (χ1) is 16.8. The van der Waals surface area contributed by atoms with Gasteiger partial charge in [-0.15, -0.1) is 0 Å². The maximum absolute atomic E-state index is 13.9. The normalized spacial score (nSPS) is 16.6. The minimum atomic E-state index is -4.57. The van der Waals surface area contributed by atoms with Crippen molar-refractivity contribution in [3.63, 3.8) is 0 Å². The summed E-state index contributed by atoms with van der Waals surface area (Å²) in [7, 11) is 0. The van der Waals surface area contributed by atoms with Crippen LogP contribution in [0.3, 0.4) is 0 Å². The number of fused-ring (bicyclic) bond motifs is 1. The van der Waals surface area contributed by atoms with Gasteiger partial charge in [0.2, 0.25) is 5.88 Å². The Balaban J connectivity index is 1.66. The summed E-state index contributed by atoms with van der Waals surface area (Å²) in [5, 5.41) is 24.1. The standard InChI is InChI=1S/C24H21ClF3N5OS/c25-17-4-2-15(19(12-17)24(26,27)28)11-18(14-3-5-20-16(10-14)13-30-32-20)21-22(34)31-23(35-21)33-8-1-6-29-7-9-33/h2-5,10,12-13,29,34H,1,6-9,11H2/b18-14+. The molecule has 0 saturated carbocycles. The number of aromatic nitrogens is 1. The first kappa shape index (κ1) is 23.8. The van der Waals surface area contributed by atoms with Crippen molar-refractivity contribution >= 4 is 39.9 Å². The first-order valence-corrected chi connectivity index (χ1v) is 12.2. The highest BCUT2D eigenvalue weighted by molar-refractivity contribution is 7.17. The average molecular weight is 520 g/mol. The molecule has 2 aliphatic rings. The number of rotatable bonds is 4. The highest BCUT2D eigenvalue weighted by Gasteiger charge is 2.34. The summed E-state index contributed by atoms with van der Waals surface area (Å²) in [5.41, 5.74) is 0.553. The Bertz CT molecular complexity index is 1410. The molecule has 0 atom stereocenters. The quantitative estimate of drug-likeness (QED) is 0.551. The zero-order chi connectivity index (χ0) is 24.6. The van der Waals surface area contributed by atoms with Crippen molar-refractivity contribution in [1.29, 1.82) is 0 Å². The van der Waals surface area contributed by atoms with E-state index in [2.05, 4.69) is 25.4 Å². The zero-order valence-electron chi connectivity index (χ0n) is 18.4. The van der Waals surface area contributed by atoms with E-state index in [-0.39, 0.29) is 22.9 Å². The molecule has 1 aromatic heterocycles. The molecule has 6 nitrogen and oxygen atoms in total. The van der Waals surface area contributed by atoms with E-state index in [1.54, 1.807) is 18.3 Å². The lowest BCUT2D eigenvalue weighted by Crippen LogP contribution is -2.27. The van der Waals surface area contributed by atoms with Crippen molar-refractivity contribution in [3.05, 3.63) is 73.6 Å². The van der Waals surface area contributed by atoms with Crippen LogP contribution in [0, 0.1) is 0 Å². The van der Waals surface area contributed by atoms with Crippen LogP contribution in [0.5, 0.6) is 5.88 Å². The first-order valence-electron chi connectivity index (χ1n) is 11.1. The fraction of sp³-hybridized carbons (Fsp3) is 0.292. The van der Waals surface area contributed by atoms with Crippen LogP contribution in [-0.4, -0.2) is 42.5 Å². The summed E-state index contributed by atoms with van der Waals surface area (Å²) >= 11 is 7.18. The van der Waals surface area contributed by atoms with Crippen LogP contribution in [0.15, 0.2) is 46.6 Å². The SMILES string of the molecule is Oc1nc(N2CCCNCC2)sc1/C(Cc1ccc(Cl)cc1C(F)(F)F)=c1\ccc2c(c1)C=NN=2. The molecule has 2 N–H and O–H groups in total. The summed E-state index contributed by atoms with van der Waals surface area (Å²) in [6.07, 6.45) is -2.12. The summed E-state index contributed by atoms with van der Waals surface area (Å²) < 4.78 is 41.6. The highest BCUT2D eigenvalue weighted by Crippen LogP contribution is 2.39. The molecule has 3 heterocycles. The second-order valence-electron chi connectivity index (χ2n) is 8.31. The average Bonchev–Trinajstić information content (AvgIpc) is 3.34. The second kappa shape index (κ2) is 9.60. The van der Waals surface area contributed by atoms with Crippen LogP contribution in [0.1, 0.15) is 28.0 Å². The third kappa shape index (κ3) is 5.05. The van der Waals surface area contributed by atoms with Crippen LogP contribution in [0.2, 0.25) is 5.02 Å². The van der Waals surface area contributed by atoms with Crippen LogP contribution in [0.25, 0.3) is 5.57 Å². The van der Waals surface area contributed by atoms with Gasteiger partial charge in [0.1, 0.15) is 0 Å². The number of thiazole rings is 1. The molecule has 0 unspecified atom stereocenters. The molecule has 35 heavy (non-hydrogen) atoms. The molecular formula is C24H21ClF3N5OS. The fourth-order valence-electron chi connectivity index (χ4n) is 4.23. The Morgan fingerprint density at radius 1 is 1.14 bits per heavy atom. The van der Waals surface area contributed by atoms with Gasteiger partial charge in [-0.3, -0.25) is 0 Å². The molecule has 2 aliphatic heterocycles. The lowest BCUT2D eigenvalue weighted by atomic mass is 9.96. The highest BCUT2D eigenvalue weighted by atomic mass is 35.5. The van der Waals surface area contributed by atoms with Gasteiger partial charge in [-0.25, -0.2) is 0 Å². The Morgan fingerprint density at radius 3 is 2.83 bits per heavy atom. The summed E-state index contributed by atoms with van der Waals surface area (Å²) in [6, 6.07) is 9.14. The largest absolute Gasteiger partial charge is 0.492 e. The third-order valence-corrected chi connectivity index (χ3v) is 7.37. The zero-order valence-corrected chi connectivity index (χ0v) is 20.0. The van der Waals surface area contributed by atoms with Crippen molar-refractivity contribution in [1.82, 2.24) is 10.3 Å². The van der Waals surface area contributed by atoms with Crippen molar-refractivity contribution < 1.29 is 18.3 Å². The van der Waals surface area contributed by atoms with E-state index in [4.69, 9.17) is 11.6 Å². The third-order valence-electron chi connectivity index (χ3n) is 5.97. The van der Waals surface area contributed by atoms with E-state index in [1.807, 2.05) is 6.07 Å². The number of nitrogens with one attached hydrogen (secondary N) is 1. The van der Waals surface area contributed by atoms with Crippen LogP contribution >= 0.6 is 22.9 Å². The van der Waals surface area contributed by atoms with Gasteiger partial charge in [-0.05, 0) is 53.6 Å². The fourth-order valence-corrected chi connectivity index (χ4v) is 5.48. The molecule has 0 bridgehead atoms. The number of hydrogen-bond donors (Lipinski definition) is 2. The molecule has 1 fully saturated rings. The minimum Gasteiger partial charge on any atom is -0.492 e. The minimum absolute atomic E-state index is 0.00988. The van der Waals surface area contributed by atoms with E-state index >= 15 is 0 Å². The number of nitrogens with zero attached hydrogens (tertiary/aromatic N) is 4. The van der Waals surface area contributed by atoms with Crippen LogP contribution in [-0.2, 0) is 12.6 Å². The van der Waals surface area contributed by atoms with Crippen molar-refractivity contribution in [3.8, 4) is 5.88 Å². The van der Waals surface area contributed by atoms with Gasteiger partial charge in [0.15, 0.2) is 5.13 Å². The van der Waals surface area contributed by atoms with Gasteiger partial charge in [0, 0.05) is 36.6 Å². The Labute approximate surface area is 208 Å². The number of aromatic hydroxyl groups is 1. The number of benzene rings is 2. The molecule has 2 aromatic carbocycles. The number of anilines is 1. The van der Waals surface area contributed by atoms with Crippen molar-refractivity contribution in [2.75, 3.05) is 31.1 Å². The van der Waals surface area contributed by atoms with Gasteiger partial charge >= 0.3 is 6.18 Å². The number of hydrogen-bond acceptors (Lipinski definition) is 7. The van der Waals surface area contributed by atoms with Crippen LogP contribution in [0.4, 0.5) is 18.3 Å². The molecular weight excluding hydrogens is 499 g/mol. The predicted octanol–water partition coefficient (Wildman–Crippen LogP) is 3.73. The van der Waals surface area contributed by atoms with E-state index in [0.717, 1.165) is 44.2 Å². The number of halogens is 4. The Hall–Kier alpha value is -2.95. The molecule has 0 spiro atoms. The summed E-state index contributed by atoms with van der Waals surface area (Å²) in [6.45, 7) is 3.20. The Kier molecular flexibility index (Phi) is 6.52. The monoisotopic (exact) mass is 519 g/mol. The van der Waals surface area contributed by atoms with Gasteiger partial charge in [-0.1, -0.05) is 35.1 Å². The van der Waals surface area contributed by atoms with E-state index in [0.29, 0.717) is 26.2 Å². The molecule has 0 radical (unpaired) electrons. The molecule has 11 heteroatoms. The van der Waals surface area contributed by atoms with Crippen molar-refractivity contribution in [2.24, 2.45) is 10.2 Å². The molecule has 1 saturated heterocycles. The topological polar surface area (TPSA) is 73.1 Å². The van der Waals surface area contributed by atoms with Gasteiger partial charge in [0.25, 0.3) is 0 Å². The van der Waals surface area contributed by atoms with Crippen LogP contribution < -0.4 is 20.8 Å². The predicted molar refractivity (Wildman–Crippen MR) is 131 cm³/mol. The van der Waals surface area contributed by atoms with E-state index < -0.39 is 11.7 Å². The molecule has 3 aromatic rings. The molecule has 182 valence electrons. The molecule has 0 aliphatic carbocycles. The molecule has 5 rings (SSSR count).